The van der Waals surface area contributed by atoms with Crippen LogP contribution < -0.4 is 10.9 Å². The lowest BCUT2D eigenvalue weighted by Gasteiger charge is -2.33. The molecule has 1 atom stereocenters. The normalized spacial score (nSPS) is 15.9. The predicted octanol–water partition coefficient (Wildman–Crippen LogP) is 2.27. The van der Waals surface area contributed by atoms with Gasteiger partial charge in [0.2, 0.25) is 0 Å². The van der Waals surface area contributed by atoms with Gasteiger partial charge in [-0.3, -0.25) is 14.5 Å². The van der Waals surface area contributed by atoms with E-state index in [0.29, 0.717) is 24.3 Å². The third-order valence-corrected chi connectivity index (χ3v) is 6.16. The number of rotatable bonds is 5. The zero-order chi connectivity index (χ0) is 22.1. The Kier molecular flexibility index (Phi) is 5.93. The number of aryl methyl sites for hydroxylation is 2. The molecular weight excluding hydrogens is 394 g/mol. The van der Waals surface area contributed by atoms with E-state index in [1.54, 1.807) is 12.5 Å². The third-order valence-electron chi connectivity index (χ3n) is 6.16. The number of aromatic nitrogens is 3. The summed E-state index contributed by atoms with van der Waals surface area (Å²) in [4.78, 5) is 34.9. The van der Waals surface area contributed by atoms with E-state index in [0.717, 1.165) is 41.1 Å². The molecule has 1 aliphatic heterocycles. The van der Waals surface area contributed by atoms with E-state index in [9.17, 15) is 9.59 Å². The largest absolute Gasteiger partial charge is 0.379 e. The molecule has 8 nitrogen and oxygen atoms in total. The molecule has 3 aromatic heterocycles. The molecule has 31 heavy (non-hydrogen) atoms. The first kappa shape index (κ1) is 21.3. The number of amides is 1. The van der Waals surface area contributed by atoms with Crippen LogP contribution in [0.4, 0.5) is 0 Å². The monoisotopic (exact) mass is 423 g/mol. The van der Waals surface area contributed by atoms with Crippen molar-refractivity contribution in [2.75, 3.05) is 26.3 Å². The van der Waals surface area contributed by atoms with E-state index >= 15 is 0 Å². The standard InChI is InChI=1S/C23H29N5O3/c1-14-9-15(2)26-23(30)20(14)12-25-22(29)19-10-18-11-24-13-28(18)21(16(19)3)17(4)27-5-7-31-8-6-27/h9-11,13,17H,5-8,12H2,1-4H3,(H,25,29)(H,26,30). The van der Waals surface area contributed by atoms with Crippen molar-refractivity contribution in [2.24, 2.45) is 0 Å². The van der Waals surface area contributed by atoms with Gasteiger partial charge in [-0.05, 0) is 51.0 Å². The van der Waals surface area contributed by atoms with Gasteiger partial charge in [0.25, 0.3) is 11.5 Å². The molecule has 4 heterocycles. The van der Waals surface area contributed by atoms with E-state index in [1.165, 1.54) is 0 Å². The first-order valence-electron chi connectivity index (χ1n) is 10.6. The number of imidazole rings is 1. The first-order chi connectivity index (χ1) is 14.9. The Morgan fingerprint density at radius 1 is 1.26 bits per heavy atom. The van der Waals surface area contributed by atoms with Gasteiger partial charge in [-0.2, -0.15) is 0 Å². The quantitative estimate of drug-likeness (QED) is 0.657. The predicted molar refractivity (Wildman–Crippen MR) is 118 cm³/mol. The maximum absolute atomic E-state index is 13.2. The van der Waals surface area contributed by atoms with Gasteiger partial charge in [0.15, 0.2) is 0 Å². The van der Waals surface area contributed by atoms with Crippen LogP contribution >= 0.6 is 0 Å². The lowest BCUT2D eigenvalue weighted by molar-refractivity contribution is 0.0187. The van der Waals surface area contributed by atoms with E-state index < -0.39 is 0 Å². The van der Waals surface area contributed by atoms with Crippen molar-refractivity contribution >= 4 is 11.4 Å². The summed E-state index contributed by atoms with van der Waals surface area (Å²) in [5, 5.41) is 2.94. The topological polar surface area (TPSA) is 91.7 Å². The summed E-state index contributed by atoms with van der Waals surface area (Å²) in [7, 11) is 0. The number of aromatic amines is 1. The summed E-state index contributed by atoms with van der Waals surface area (Å²) in [6.07, 6.45) is 3.56. The van der Waals surface area contributed by atoms with Crippen LogP contribution in [-0.4, -0.2) is 51.5 Å². The molecule has 0 aliphatic carbocycles. The molecule has 3 aromatic rings. The summed E-state index contributed by atoms with van der Waals surface area (Å²) in [6, 6.07) is 3.88. The molecule has 0 aromatic carbocycles. The highest BCUT2D eigenvalue weighted by atomic mass is 16.5. The molecule has 1 saturated heterocycles. The number of H-pyrrole nitrogens is 1. The number of carbonyl (C=O) groups is 1. The van der Waals surface area contributed by atoms with Crippen molar-refractivity contribution in [1.29, 1.82) is 0 Å². The number of morpholine rings is 1. The Bertz CT molecular complexity index is 1170. The molecule has 0 bridgehead atoms. The van der Waals surface area contributed by atoms with Gasteiger partial charge < -0.3 is 19.4 Å². The number of carbonyl (C=O) groups excluding carboxylic acids is 1. The van der Waals surface area contributed by atoms with E-state index in [4.69, 9.17) is 4.74 Å². The van der Waals surface area contributed by atoms with Gasteiger partial charge in [-0.1, -0.05) is 0 Å². The Balaban J connectivity index is 1.65. The average Bonchev–Trinajstić information content (AvgIpc) is 3.20. The molecule has 1 aliphatic rings. The second-order valence-electron chi connectivity index (χ2n) is 8.21. The molecule has 0 radical (unpaired) electrons. The minimum absolute atomic E-state index is 0.107. The zero-order valence-corrected chi connectivity index (χ0v) is 18.5. The molecule has 0 spiro atoms. The van der Waals surface area contributed by atoms with E-state index in [-0.39, 0.29) is 24.1 Å². The number of nitrogens with one attached hydrogen (secondary N) is 2. The highest BCUT2D eigenvalue weighted by Crippen LogP contribution is 2.28. The number of ether oxygens (including phenoxy) is 1. The molecule has 8 heteroatoms. The smallest absolute Gasteiger partial charge is 0.253 e. The Labute approximate surface area is 181 Å². The van der Waals surface area contributed by atoms with Crippen molar-refractivity contribution in [2.45, 2.75) is 40.3 Å². The highest BCUT2D eigenvalue weighted by Gasteiger charge is 2.25. The van der Waals surface area contributed by atoms with Gasteiger partial charge in [-0.25, -0.2) is 4.98 Å². The molecular formula is C23H29N5O3. The van der Waals surface area contributed by atoms with Crippen LogP contribution in [0.25, 0.3) is 5.52 Å². The second kappa shape index (κ2) is 8.64. The van der Waals surface area contributed by atoms with Crippen LogP contribution in [0.2, 0.25) is 0 Å². The summed E-state index contributed by atoms with van der Waals surface area (Å²) in [5.41, 5.74) is 5.52. The highest BCUT2D eigenvalue weighted by molar-refractivity contribution is 5.97. The number of nitrogens with zero attached hydrogens (tertiary/aromatic N) is 3. The molecule has 2 N–H and O–H groups in total. The fraction of sp³-hybridized carbons (Fsp3) is 0.435. The first-order valence-corrected chi connectivity index (χ1v) is 10.6. The number of hydrogen-bond acceptors (Lipinski definition) is 5. The van der Waals surface area contributed by atoms with Crippen molar-refractivity contribution in [3.8, 4) is 0 Å². The summed E-state index contributed by atoms with van der Waals surface area (Å²) < 4.78 is 7.55. The summed E-state index contributed by atoms with van der Waals surface area (Å²) >= 11 is 0. The van der Waals surface area contributed by atoms with Gasteiger partial charge >= 0.3 is 0 Å². The molecule has 1 amide bonds. The third kappa shape index (κ3) is 4.13. The van der Waals surface area contributed by atoms with Crippen LogP contribution in [0.15, 0.2) is 29.5 Å². The minimum atomic E-state index is -0.198. The lowest BCUT2D eigenvalue weighted by atomic mass is 10.0. The van der Waals surface area contributed by atoms with Crippen molar-refractivity contribution in [1.82, 2.24) is 24.6 Å². The van der Waals surface area contributed by atoms with Crippen LogP contribution in [-0.2, 0) is 11.3 Å². The van der Waals surface area contributed by atoms with E-state index in [1.807, 2.05) is 32.9 Å². The maximum atomic E-state index is 13.2. The SMILES string of the molecule is Cc1cc(C)c(CNC(=O)c2cc3cncn3c(C(C)N3CCOCC3)c2C)c(=O)[nH]1. The molecule has 1 fully saturated rings. The van der Waals surface area contributed by atoms with Crippen LogP contribution in [0.1, 0.15) is 51.4 Å². The van der Waals surface area contributed by atoms with Crippen LogP contribution in [0, 0.1) is 20.8 Å². The fourth-order valence-electron chi connectivity index (χ4n) is 4.44. The van der Waals surface area contributed by atoms with Gasteiger partial charge in [0.1, 0.15) is 0 Å². The number of fused-ring (bicyclic) bond motifs is 1. The van der Waals surface area contributed by atoms with Crippen LogP contribution in [0.5, 0.6) is 0 Å². The Morgan fingerprint density at radius 3 is 2.71 bits per heavy atom. The number of pyridine rings is 2. The lowest BCUT2D eigenvalue weighted by Crippen LogP contribution is -2.39. The van der Waals surface area contributed by atoms with Crippen molar-refractivity contribution in [3.63, 3.8) is 0 Å². The Morgan fingerprint density at radius 2 is 2.00 bits per heavy atom. The molecule has 0 saturated carbocycles. The molecule has 1 unspecified atom stereocenters. The van der Waals surface area contributed by atoms with E-state index in [2.05, 4.69) is 31.5 Å². The minimum Gasteiger partial charge on any atom is -0.379 e. The fourth-order valence-corrected chi connectivity index (χ4v) is 4.44. The molecule has 4 rings (SSSR count). The second-order valence-corrected chi connectivity index (χ2v) is 8.21. The van der Waals surface area contributed by atoms with Gasteiger partial charge in [0.05, 0.1) is 31.3 Å². The summed E-state index contributed by atoms with van der Waals surface area (Å²) in [6.45, 7) is 11.2. The van der Waals surface area contributed by atoms with Crippen LogP contribution in [0.3, 0.4) is 0 Å². The zero-order valence-electron chi connectivity index (χ0n) is 18.5. The average molecular weight is 424 g/mol. The van der Waals surface area contributed by atoms with Crippen molar-refractivity contribution < 1.29 is 9.53 Å². The maximum Gasteiger partial charge on any atom is 0.253 e. The van der Waals surface area contributed by atoms with Gasteiger partial charge in [0, 0.05) is 48.2 Å². The van der Waals surface area contributed by atoms with Crippen molar-refractivity contribution in [3.05, 3.63) is 68.7 Å². The Hall–Kier alpha value is -2.97. The number of hydrogen-bond donors (Lipinski definition) is 2. The van der Waals surface area contributed by atoms with Gasteiger partial charge in [-0.15, -0.1) is 0 Å². The molecule has 164 valence electrons. The summed E-state index contributed by atoms with van der Waals surface area (Å²) in [5.74, 6) is -0.198.